The molecule has 1 spiro atoms. The average molecular weight is 374 g/mol. The van der Waals surface area contributed by atoms with Crippen LogP contribution in [0, 0.1) is 11.7 Å². The predicted molar refractivity (Wildman–Crippen MR) is 89.2 cm³/mol. The molecule has 0 amide bonds. The summed E-state index contributed by atoms with van der Waals surface area (Å²) in [6.45, 7) is 0.816. The second kappa shape index (κ2) is 6.57. The van der Waals surface area contributed by atoms with Gasteiger partial charge in [-0.2, -0.15) is 11.8 Å². The minimum atomic E-state index is -0.174. The van der Waals surface area contributed by atoms with Crippen molar-refractivity contribution in [3.63, 3.8) is 0 Å². The zero-order valence-electron chi connectivity index (χ0n) is 12.2. The summed E-state index contributed by atoms with van der Waals surface area (Å²) in [5.41, 5.74) is 1.08. The van der Waals surface area contributed by atoms with E-state index in [1.165, 1.54) is 11.8 Å². The molecule has 3 atom stereocenters. The monoisotopic (exact) mass is 373 g/mol. The number of hydrogen-bond donors (Lipinski definition) is 1. The Morgan fingerprint density at radius 3 is 3.10 bits per heavy atom. The van der Waals surface area contributed by atoms with Gasteiger partial charge in [-0.25, -0.2) is 4.39 Å². The number of nitrogens with one attached hydrogen (secondary N) is 1. The zero-order valence-corrected chi connectivity index (χ0v) is 14.6. The van der Waals surface area contributed by atoms with Crippen molar-refractivity contribution >= 4 is 27.7 Å². The third-order valence-electron chi connectivity index (χ3n) is 4.67. The molecule has 1 N–H and O–H groups in total. The van der Waals surface area contributed by atoms with Crippen LogP contribution in [0.15, 0.2) is 22.7 Å². The van der Waals surface area contributed by atoms with Crippen molar-refractivity contribution in [2.45, 2.75) is 30.9 Å². The number of rotatable bonds is 3. The molecule has 0 radical (unpaired) electrons. The molecule has 2 fully saturated rings. The third kappa shape index (κ3) is 3.31. The van der Waals surface area contributed by atoms with Gasteiger partial charge in [0.2, 0.25) is 0 Å². The van der Waals surface area contributed by atoms with Crippen LogP contribution < -0.4 is 5.32 Å². The van der Waals surface area contributed by atoms with E-state index in [2.05, 4.69) is 21.2 Å². The average Bonchev–Trinajstić information content (AvgIpc) is 2.91. The Kier molecular flexibility index (Phi) is 4.94. The third-order valence-corrected chi connectivity index (χ3v) is 6.62. The van der Waals surface area contributed by atoms with E-state index in [1.54, 1.807) is 12.1 Å². The number of thioether (sulfide) groups is 1. The zero-order chi connectivity index (χ0) is 14.9. The summed E-state index contributed by atoms with van der Waals surface area (Å²) in [7, 11) is 1.97. The first-order chi connectivity index (χ1) is 10.1. The van der Waals surface area contributed by atoms with Gasteiger partial charge in [0.15, 0.2) is 0 Å². The molecule has 0 bridgehead atoms. The Bertz CT molecular complexity index is 507. The van der Waals surface area contributed by atoms with E-state index in [9.17, 15) is 4.39 Å². The standard InChI is InChI=1S/C16H21BrFNOS/c1-19-15(13-8-12(18)2-3-14(13)17)11-4-6-20-16(9-11)5-7-21-10-16/h2-3,8,11,15,19H,4-7,9-10H2,1H3. The molecule has 2 saturated heterocycles. The van der Waals surface area contributed by atoms with Gasteiger partial charge in [-0.05, 0) is 61.7 Å². The van der Waals surface area contributed by atoms with Crippen molar-refractivity contribution in [2.75, 3.05) is 25.2 Å². The molecule has 2 nitrogen and oxygen atoms in total. The molecule has 2 aliphatic rings. The van der Waals surface area contributed by atoms with Crippen LogP contribution >= 0.6 is 27.7 Å². The van der Waals surface area contributed by atoms with Crippen molar-refractivity contribution in [1.29, 1.82) is 0 Å². The van der Waals surface area contributed by atoms with Gasteiger partial charge in [0.25, 0.3) is 0 Å². The molecule has 1 aromatic rings. The van der Waals surface area contributed by atoms with Crippen LogP contribution in [0.1, 0.15) is 30.9 Å². The molecule has 116 valence electrons. The molecule has 2 heterocycles. The van der Waals surface area contributed by atoms with Crippen LogP contribution in [0.4, 0.5) is 4.39 Å². The highest BCUT2D eigenvalue weighted by molar-refractivity contribution is 9.10. The van der Waals surface area contributed by atoms with Gasteiger partial charge in [0.1, 0.15) is 5.82 Å². The first-order valence-corrected chi connectivity index (χ1v) is 9.42. The Balaban J connectivity index is 1.84. The van der Waals surface area contributed by atoms with Gasteiger partial charge in [0, 0.05) is 22.9 Å². The van der Waals surface area contributed by atoms with E-state index < -0.39 is 0 Å². The lowest BCUT2D eigenvalue weighted by atomic mass is 9.79. The number of ether oxygens (including phenoxy) is 1. The normalized spacial score (nSPS) is 30.7. The van der Waals surface area contributed by atoms with E-state index in [4.69, 9.17) is 4.74 Å². The Morgan fingerprint density at radius 1 is 1.52 bits per heavy atom. The molecule has 2 aliphatic heterocycles. The lowest BCUT2D eigenvalue weighted by molar-refractivity contribution is -0.0851. The van der Waals surface area contributed by atoms with Gasteiger partial charge in [-0.3, -0.25) is 0 Å². The molecular weight excluding hydrogens is 353 g/mol. The number of hydrogen-bond acceptors (Lipinski definition) is 3. The van der Waals surface area contributed by atoms with E-state index in [1.807, 2.05) is 18.8 Å². The largest absolute Gasteiger partial charge is 0.374 e. The maximum absolute atomic E-state index is 13.6. The molecule has 3 rings (SSSR count). The highest BCUT2D eigenvalue weighted by Crippen LogP contribution is 2.44. The first-order valence-electron chi connectivity index (χ1n) is 7.47. The second-order valence-electron chi connectivity index (χ2n) is 6.02. The summed E-state index contributed by atoms with van der Waals surface area (Å²) in [5, 5.41) is 3.40. The lowest BCUT2D eigenvalue weighted by Crippen LogP contribution is -2.43. The van der Waals surface area contributed by atoms with Crippen LogP contribution in [0.3, 0.4) is 0 Å². The van der Waals surface area contributed by atoms with Crippen LogP contribution in [0.25, 0.3) is 0 Å². The topological polar surface area (TPSA) is 21.3 Å². The Labute approximate surface area is 138 Å². The van der Waals surface area contributed by atoms with Crippen molar-refractivity contribution in [3.05, 3.63) is 34.1 Å². The fourth-order valence-corrected chi connectivity index (χ4v) is 5.48. The van der Waals surface area contributed by atoms with Crippen LogP contribution in [0.5, 0.6) is 0 Å². The minimum absolute atomic E-state index is 0.0580. The van der Waals surface area contributed by atoms with Crippen LogP contribution in [0.2, 0.25) is 0 Å². The number of halogens is 2. The molecule has 0 saturated carbocycles. The van der Waals surface area contributed by atoms with Crippen molar-refractivity contribution < 1.29 is 9.13 Å². The van der Waals surface area contributed by atoms with E-state index >= 15 is 0 Å². The van der Waals surface area contributed by atoms with E-state index in [0.717, 1.165) is 41.7 Å². The molecule has 0 aliphatic carbocycles. The van der Waals surface area contributed by atoms with E-state index in [0.29, 0.717) is 5.92 Å². The fraction of sp³-hybridized carbons (Fsp3) is 0.625. The summed E-state index contributed by atoms with van der Waals surface area (Å²) in [6.07, 6.45) is 3.24. The smallest absolute Gasteiger partial charge is 0.123 e. The minimum Gasteiger partial charge on any atom is -0.374 e. The summed E-state index contributed by atoms with van der Waals surface area (Å²) in [4.78, 5) is 0. The molecule has 5 heteroatoms. The van der Waals surface area contributed by atoms with Gasteiger partial charge in [0.05, 0.1) is 5.60 Å². The summed E-state index contributed by atoms with van der Waals surface area (Å²) in [5.74, 6) is 2.61. The first kappa shape index (κ1) is 15.8. The maximum atomic E-state index is 13.6. The Morgan fingerprint density at radius 2 is 2.38 bits per heavy atom. The van der Waals surface area contributed by atoms with Crippen molar-refractivity contribution in [1.82, 2.24) is 5.32 Å². The molecule has 21 heavy (non-hydrogen) atoms. The summed E-state index contributed by atoms with van der Waals surface area (Å²) in [6, 6.07) is 5.12. The van der Waals surface area contributed by atoms with Gasteiger partial charge >= 0.3 is 0 Å². The molecular formula is C16H21BrFNOS. The molecule has 3 unspecified atom stereocenters. The fourth-order valence-electron chi connectivity index (χ4n) is 3.61. The summed E-state index contributed by atoms with van der Waals surface area (Å²) >= 11 is 5.56. The van der Waals surface area contributed by atoms with Crippen molar-refractivity contribution in [3.8, 4) is 0 Å². The lowest BCUT2D eigenvalue weighted by Gasteiger charge is -2.41. The second-order valence-corrected chi connectivity index (χ2v) is 7.98. The highest BCUT2D eigenvalue weighted by atomic mass is 79.9. The highest BCUT2D eigenvalue weighted by Gasteiger charge is 2.42. The van der Waals surface area contributed by atoms with Crippen molar-refractivity contribution in [2.24, 2.45) is 5.92 Å². The van der Waals surface area contributed by atoms with Gasteiger partial charge in [-0.15, -0.1) is 0 Å². The van der Waals surface area contributed by atoms with Gasteiger partial charge in [-0.1, -0.05) is 15.9 Å². The quantitative estimate of drug-likeness (QED) is 0.859. The van der Waals surface area contributed by atoms with Crippen LogP contribution in [-0.4, -0.2) is 30.8 Å². The predicted octanol–water partition coefficient (Wildman–Crippen LogP) is 4.15. The van der Waals surface area contributed by atoms with E-state index in [-0.39, 0.29) is 17.5 Å². The maximum Gasteiger partial charge on any atom is 0.123 e. The molecule has 0 aromatic heterocycles. The summed E-state index contributed by atoms with van der Waals surface area (Å²) < 4.78 is 20.7. The molecule has 1 aromatic carbocycles. The SMILES string of the molecule is CNC(c1cc(F)ccc1Br)C1CCOC2(CCSC2)C1. The number of benzene rings is 1. The van der Waals surface area contributed by atoms with Crippen LogP contribution in [-0.2, 0) is 4.74 Å². The Hall–Kier alpha value is -0.100. The van der Waals surface area contributed by atoms with Gasteiger partial charge < -0.3 is 10.1 Å².